The third-order valence-corrected chi connectivity index (χ3v) is 3.00. The van der Waals surface area contributed by atoms with Gasteiger partial charge in [0.2, 0.25) is 0 Å². The van der Waals surface area contributed by atoms with Crippen LogP contribution in [0.15, 0.2) is 18.2 Å². The first-order valence-electron chi connectivity index (χ1n) is 6.31. The number of hydrogen-bond acceptors (Lipinski definition) is 2. The summed E-state index contributed by atoms with van der Waals surface area (Å²) in [5.74, 6) is 0.639. The van der Waals surface area contributed by atoms with E-state index in [0.29, 0.717) is 12.5 Å². The minimum Gasteiger partial charge on any atom is -0.371 e. The summed E-state index contributed by atoms with van der Waals surface area (Å²) in [6.45, 7) is 9.36. The Morgan fingerprint density at radius 1 is 1.35 bits per heavy atom. The van der Waals surface area contributed by atoms with Crippen molar-refractivity contribution in [1.82, 2.24) is 0 Å². The van der Waals surface area contributed by atoms with Gasteiger partial charge in [-0.15, -0.1) is 0 Å². The van der Waals surface area contributed by atoms with Gasteiger partial charge in [-0.2, -0.15) is 0 Å². The summed E-state index contributed by atoms with van der Waals surface area (Å²) in [5.41, 5.74) is 8.19. The topological polar surface area (TPSA) is 29.3 Å². The van der Waals surface area contributed by atoms with Crippen molar-refractivity contribution < 1.29 is 0 Å². The van der Waals surface area contributed by atoms with Crippen LogP contribution in [0.4, 0.5) is 5.69 Å². The fraction of sp³-hybridized carbons (Fsp3) is 0.571. The number of halogens is 1. The highest BCUT2D eigenvalue weighted by atomic mass is 35.5. The number of benzene rings is 1. The summed E-state index contributed by atoms with van der Waals surface area (Å²) in [6, 6.07) is 6.09. The van der Waals surface area contributed by atoms with Gasteiger partial charge in [-0.05, 0) is 43.5 Å². The van der Waals surface area contributed by atoms with E-state index >= 15 is 0 Å². The molecular formula is C14H23ClN2. The molecule has 0 aliphatic carbocycles. The molecule has 0 amide bonds. The second-order valence-electron chi connectivity index (χ2n) is 4.74. The first kappa shape index (κ1) is 14.3. The van der Waals surface area contributed by atoms with Crippen LogP contribution in [0.1, 0.15) is 26.3 Å². The summed E-state index contributed by atoms with van der Waals surface area (Å²) in [5, 5.41) is 0.794. The normalized spacial score (nSPS) is 10.9. The Bertz CT molecular complexity index is 350. The van der Waals surface area contributed by atoms with Crippen molar-refractivity contribution in [2.75, 3.05) is 24.5 Å². The van der Waals surface area contributed by atoms with Crippen molar-refractivity contribution in [2.45, 2.75) is 27.2 Å². The molecule has 1 aromatic carbocycles. The van der Waals surface area contributed by atoms with Gasteiger partial charge in [0, 0.05) is 23.8 Å². The second kappa shape index (κ2) is 6.87. The van der Waals surface area contributed by atoms with Gasteiger partial charge < -0.3 is 10.6 Å². The highest BCUT2D eigenvalue weighted by molar-refractivity contribution is 6.30. The molecule has 0 unspecified atom stereocenters. The molecule has 0 aliphatic heterocycles. The van der Waals surface area contributed by atoms with Crippen molar-refractivity contribution in [3.05, 3.63) is 28.8 Å². The molecule has 0 aromatic heterocycles. The molecule has 0 atom stereocenters. The molecule has 2 nitrogen and oxygen atoms in total. The van der Waals surface area contributed by atoms with E-state index in [0.717, 1.165) is 24.5 Å². The van der Waals surface area contributed by atoms with Crippen LogP contribution >= 0.6 is 11.6 Å². The lowest BCUT2D eigenvalue weighted by Crippen LogP contribution is -2.28. The highest BCUT2D eigenvalue weighted by Crippen LogP contribution is 2.26. The molecule has 0 saturated carbocycles. The van der Waals surface area contributed by atoms with Crippen LogP contribution in [0, 0.1) is 5.92 Å². The molecule has 17 heavy (non-hydrogen) atoms. The lowest BCUT2D eigenvalue weighted by molar-refractivity contribution is 0.617. The van der Waals surface area contributed by atoms with Gasteiger partial charge in [0.05, 0.1) is 0 Å². The zero-order valence-electron chi connectivity index (χ0n) is 11.0. The molecule has 1 rings (SSSR count). The van der Waals surface area contributed by atoms with Crippen molar-refractivity contribution >= 4 is 17.3 Å². The maximum atomic E-state index is 6.10. The Morgan fingerprint density at radius 2 is 2.06 bits per heavy atom. The molecule has 0 heterocycles. The maximum absolute atomic E-state index is 6.10. The van der Waals surface area contributed by atoms with Crippen LogP contribution in [-0.4, -0.2) is 19.6 Å². The molecular weight excluding hydrogens is 232 g/mol. The van der Waals surface area contributed by atoms with Crippen LogP contribution in [-0.2, 0) is 6.42 Å². The van der Waals surface area contributed by atoms with Gasteiger partial charge in [-0.1, -0.05) is 31.5 Å². The van der Waals surface area contributed by atoms with Gasteiger partial charge in [0.15, 0.2) is 0 Å². The summed E-state index contributed by atoms with van der Waals surface area (Å²) >= 11 is 6.10. The number of anilines is 1. The standard InChI is InChI=1S/C14H23ClN2/c1-4-17(10-11(2)3)14-9-13(15)6-5-12(14)7-8-16/h5-6,9,11H,4,7-8,10,16H2,1-3H3. The van der Waals surface area contributed by atoms with Gasteiger partial charge in [0.1, 0.15) is 0 Å². The van der Waals surface area contributed by atoms with Crippen molar-refractivity contribution in [3.8, 4) is 0 Å². The zero-order chi connectivity index (χ0) is 12.8. The Kier molecular flexibility index (Phi) is 5.79. The van der Waals surface area contributed by atoms with Gasteiger partial charge >= 0.3 is 0 Å². The summed E-state index contributed by atoms with van der Waals surface area (Å²) in [7, 11) is 0. The van der Waals surface area contributed by atoms with Crippen LogP contribution in [0.3, 0.4) is 0 Å². The van der Waals surface area contributed by atoms with Crippen LogP contribution < -0.4 is 10.6 Å². The molecule has 0 saturated heterocycles. The molecule has 1 aromatic rings. The van der Waals surface area contributed by atoms with Gasteiger partial charge in [-0.25, -0.2) is 0 Å². The van der Waals surface area contributed by atoms with Crippen LogP contribution in [0.25, 0.3) is 0 Å². The molecule has 0 spiro atoms. The van der Waals surface area contributed by atoms with E-state index in [-0.39, 0.29) is 0 Å². The Labute approximate surface area is 110 Å². The quantitative estimate of drug-likeness (QED) is 0.844. The molecule has 0 aliphatic rings. The SMILES string of the molecule is CCN(CC(C)C)c1cc(Cl)ccc1CCN. The van der Waals surface area contributed by atoms with Crippen molar-refractivity contribution in [2.24, 2.45) is 11.7 Å². The third-order valence-electron chi connectivity index (χ3n) is 2.77. The number of nitrogens with two attached hydrogens (primary N) is 1. The Balaban J connectivity index is 3.02. The van der Waals surface area contributed by atoms with E-state index in [4.69, 9.17) is 17.3 Å². The minimum atomic E-state index is 0.639. The predicted molar refractivity (Wildman–Crippen MR) is 76.9 cm³/mol. The number of rotatable bonds is 6. The van der Waals surface area contributed by atoms with E-state index in [1.807, 2.05) is 6.07 Å². The average Bonchev–Trinajstić information content (AvgIpc) is 2.28. The Hall–Kier alpha value is -0.730. The molecule has 0 bridgehead atoms. The van der Waals surface area contributed by atoms with Crippen LogP contribution in [0.2, 0.25) is 5.02 Å². The first-order valence-corrected chi connectivity index (χ1v) is 6.69. The molecule has 2 N–H and O–H groups in total. The lowest BCUT2D eigenvalue weighted by atomic mass is 10.1. The van der Waals surface area contributed by atoms with Crippen molar-refractivity contribution in [1.29, 1.82) is 0 Å². The number of nitrogens with zero attached hydrogens (tertiary/aromatic N) is 1. The monoisotopic (exact) mass is 254 g/mol. The predicted octanol–water partition coefficient (Wildman–Crippen LogP) is 3.32. The molecule has 96 valence electrons. The van der Waals surface area contributed by atoms with E-state index in [2.05, 4.69) is 37.8 Å². The average molecular weight is 255 g/mol. The molecule has 0 radical (unpaired) electrons. The largest absolute Gasteiger partial charge is 0.371 e. The third kappa shape index (κ3) is 4.21. The van der Waals surface area contributed by atoms with Crippen LogP contribution in [0.5, 0.6) is 0 Å². The molecule has 0 fully saturated rings. The fourth-order valence-corrected chi connectivity index (χ4v) is 2.20. The van der Waals surface area contributed by atoms with E-state index < -0.39 is 0 Å². The second-order valence-corrected chi connectivity index (χ2v) is 5.18. The van der Waals surface area contributed by atoms with Gasteiger partial charge in [-0.3, -0.25) is 0 Å². The summed E-state index contributed by atoms with van der Waals surface area (Å²) in [4.78, 5) is 2.38. The lowest BCUT2D eigenvalue weighted by Gasteiger charge is -2.27. The van der Waals surface area contributed by atoms with E-state index in [9.17, 15) is 0 Å². The maximum Gasteiger partial charge on any atom is 0.0426 e. The fourth-order valence-electron chi connectivity index (χ4n) is 2.04. The van der Waals surface area contributed by atoms with Crippen molar-refractivity contribution in [3.63, 3.8) is 0 Å². The zero-order valence-corrected chi connectivity index (χ0v) is 11.8. The van der Waals surface area contributed by atoms with E-state index in [1.54, 1.807) is 0 Å². The summed E-state index contributed by atoms with van der Waals surface area (Å²) < 4.78 is 0. The smallest absolute Gasteiger partial charge is 0.0426 e. The van der Waals surface area contributed by atoms with E-state index in [1.165, 1.54) is 11.3 Å². The highest BCUT2D eigenvalue weighted by Gasteiger charge is 2.11. The minimum absolute atomic E-state index is 0.639. The Morgan fingerprint density at radius 3 is 2.59 bits per heavy atom. The summed E-state index contributed by atoms with van der Waals surface area (Å²) in [6.07, 6.45) is 0.904. The number of hydrogen-bond donors (Lipinski definition) is 1. The first-order chi connectivity index (χ1) is 8.08. The van der Waals surface area contributed by atoms with Gasteiger partial charge in [0.25, 0.3) is 0 Å². The molecule has 3 heteroatoms.